The van der Waals surface area contributed by atoms with Crippen LogP contribution in [0, 0.1) is 0 Å². The Morgan fingerprint density at radius 2 is 1.67 bits per heavy atom. The lowest BCUT2D eigenvalue weighted by atomic mass is 10.1. The highest BCUT2D eigenvalue weighted by Crippen LogP contribution is 2.35. The zero-order chi connectivity index (χ0) is 20.9. The third-order valence-corrected chi connectivity index (χ3v) is 5.54. The summed E-state index contributed by atoms with van der Waals surface area (Å²) in [4.78, 5) is 25.5. The number of hydrogen-bond donors (Lipinski definition) is 1. The van der Waals surface area contributed by atoms with E-state index in [1.807, 2.05) is 64.8 Å². The summed E-state index contributed by atoms with van der Waals surface area (Å²) in [7, 11) is 0. The van der Waals surface area contributed by atoms with E-state index in [4.69, 9.17) is 4.74 Å². The fourth-order valence-electron chi connectivity index (χ4n) is 3.17. The number of nitrogens with one attached hydrogen (secondary N) is 1. The molecule has 150 valence electrons. The molecule has 0 saturated carbocycles. The molecule has 2 aromatic carbocycles. The summed E-state index contributed by atoms with van der Waals surface area (Å²) in [6.45, 7) is 2.08. The maximum Gasteiger partial charge on any atom is 0.338 e. The molecule has 0 aliphatic rings. The van der Waals surface area contributed by atoms with Crippen LogP contribution in [0.2, 0.25) is 0 Å². The molecule has 30 heavy (non-hydrogen) atoms. The average molecular weight is 417 g/mol. The first kappa shape index (κ1) is 19.7. The van der Waals surface area contributed by atoms with Crippen LogP contribution in [0.5, 0.6) is 0 Å². The number of nitrogens with zero attached hydrogens (tertiary/aromatic N) is 1. The molecule has 0 saturated heterocycles. The van der Waals surface area contributed by atoms with E-state index in [0.29, 0.717) is 22.7 Å². The van der Waals surface area contributed by atoms with Crippen LogP contribution in [0.4, 0.5) is 5.69 Å². The Labute approximate surface area is 178 Å². The Kier molecular flexibility index (Phi) is 5.77. The number of thiophene rings is 1. The van der Waals surface area contributed by atoms with Gasteiger partial charge in [-0.05, 0) is 48.9 Å². The van der Waals surface area contributed by atoms with Gasteiger partial charge in [0, 0.05) is 29.0 Å². The molecule has 0 atom stereocenters. The van der Waals surface area contributed by atoms with Crippen LogP contribution in [-0.2, 0) is 4.74 Å². The van der Waals surface area contributed by atoms with Gasteiger partial charge in [0.2, 0.25) is 0 Å². The van der Waals surface area contributed by atoms with Gasteiger partial charge in [0.05, 0.1) is 17.9 Å². The van der Waals surface area contributed by atoms with E-state index in [1.54, 1.807) is 31.2 Å². The van der Waals surface area contributed by atoms with Gasteiger partial charge in [-0.3, -0.25) is 4.79 Å². The van der Waals surface area contributed by atoms with Crippen molar-refractivity contribution in [3.63, 3.8) is 0 Å². The molecule has 1 amide bonds. The predicted octanol–water partition coefficient (Wildman–Crippen LogP) is 5.63. The van der Waals surface area contributed by atoms with Crippen molar-refractivity contribution < 1.29 is 14.3 Å². The molecule has 4 rings (SSSR count). The topological polar surface area (TPSA) is 60.3 Å². The second kappa shape index (κ2) is 8.80. The lowest BCUT2D eigenvalue weighted by Crippen LogP contribution is -2.13. The SMILES string of the molecule is CCOC(=O)c1ccc(NC(=O)c2scc(-c3ccccc3)c2-n2cccc2)cc1. The van der Waals surface area contributed by atoms with Gasteiger partial charge in [0.15, 0.2) is 0 Å². The first-order chi connectivity index (χ1) is 14.7. The van der Waals surface area contributed by atoms with Crippen molar-refractivity contribution in [2.75, 3.05) is 11.9 Å². The van der Waals surface area contributed by atoms with Crippen LogP contribution < -0.4 is 5.32 Å². The maximum absolute atomic E-state index is 13.1. The predicted molar refractivity (Wildman–Crippen MR) is 119 cm³/mol. The molecule has 0 unspecified atom stereocenters. The van der Waals surface area contributed by atoms with Crippen molar-refractivity contribution >= 4 is 28.9 Å². The summed E-state index contributed by atoms with van der Waals surface area (Å²) in [5.74, 6) is -0.578. The monoisotopic (exact) mass is 416 g/mol. The standard InChI is InChI=1S/C24H20N2O3S/c1-2-29-24(28)18-10-12-19(13-11-18)25-23(27)22-21(26-14-6-7-15-26)20(16-30-22)17-8-4-3-5-9-17/h3-16H,2H2,1H3,(H,25,27). The number of anilines is 1. The highest BCUT2D eigenvalue weighted by molar-refractivity contribution is 7.13. The van der Waals surface area contributed by atoms with Crippen LogP contribution >= 0.6 is 11.3 Å². The third-order valence-electron chi connectivity index (χ3n) is 4.57. The molecule has 0 bridgehead atoms. The van der Waals surface area contributed by atoms with Gasteiger partial charge in [0.25, 0.3) is 5.91 Å². The zero-order valence-corrected chi connectivity index (χ0v) is 17.2. The second-order valence-corrected chi connectivity index (χ2v) is 7.42. The van der Waals surface area contributed by atoms with Gasteiger partial charge < -0.3 is 14.6 Å². The van der Waals surface area contributed by atoms with Crippen LogP contribution in [0.15, 0.2) is 84.5 Å². The van der Waals surface area contributed by atoms with Gasteiger partial charge in [-0.1, -0.05) is 30.3 Å². The molecule has 0 spiro atoms. The number of amides is 1. The highest BCUT2D eigenvalue weighted by atomic mass is 32.1. The minimum Gasteiger partial charge on any atom is -0.462 e. The number of carbonyl (C=O) groups is 2. The van der Waals surface area contributed by atoms with Gasteiger partial charge >= 0.3 is 5.97 Å². The molecule has 0 aliphatic carbocycles. The van der Waals surface area contributed by atoms with Crippen molar-refractivity contribution in [3.8, 4) is 16.8 Å². The van der Waals surface area contributed by atoms with E-state index < -0.39 is 0 Å². The number of ether oxygens (including phenoxy) is 1. The summed E-state index contributed by atoms with van der Waals surface area (Å²) < 4.78 is 6.95. The van der Waals surface area contributed by atoms with Crippen LogP contribution in [0.25, 0.3) is 16.8 Å². The number of aromatic nitrogens is 1. The van der Waals surface area contributed by atoms with E-state index >= 15 is 0 Å². The van der Waals surface area contributed by atoms with Crippen molar-refractivity contribution in [1.82, 2.24) is 4.57 Å². The Bertz CT molecular complexity index is 1150. The molecule has 0 fully saturated rings. The maximum atomic E-state index is 13.1. The normalized spacial score (nSPS) is 10.6. The van der Waals surface area contributed by atoms with Gasteiger partial charge in [0.1, 0.15) is 4.88 Å². The fourth-order valence-corrected chi connectivity index (χ4v) is 4.14. The molecular formula is C24H20N2O3S. The van der Waals surface area contributed by atoms with Crippen molar-refractivity contribution in [3.05, 3.63) is 94.9 Å². The molecular weight excluding hydrogens is 396 g/mol. The van der Waals surface area contributed by atoms with E-state index in [1.165, 1.54) is 11.3 Å². The number of benzene rings is 2. The molecule has 4 aromatic rings. The molecule has 6 heteroatoms. The van der Waals surface area contributed by atoms with Crippen molar-refractivity contribution in [2.45, 2.75) is 6.92 Å². The summed E-state index contributed by atoms with van der Waals surface area (Å²) in [6, 6.07) is 20.6. The summed E-state index contributed by atoms with van der Waals surface area (Å²) >= 11 is 1.40. The Hall–Kier alpha value is -3.64. The number of hydrogen-bond acceptors (Lipinski definition) is 4. The molecule has 0 radical (unpaired) electrons. The highest BCUT2D eigenvalue weighted by Gasteiger charge is 2.20. The van der Waals surface area contributed by atoms with Crippen LogP contribution in [-0.4, -0.2) is 23.1 Å². The number of rotatable bonds is 6. The lowest BCUT2D eigenvalue weighted by Gasteiger charge is -2.10. The summed E-state index contributed by atoms with van der Waals surface area (Å²) in [6.07, 6.45) is 3.86. The van der Waals surface area contributed by atoms with Crippen LogP contribution in [0.3, 0.4) is 0 Å². The largest absolute Gasteiger partial charge is 0.462 e. The molecule has 2 aromatic heterocycles. The van der Waals surface area contributed by atoms with Gasteiger partial charge in [-0.15, -0.1) is 11.3 Å². The number of esters is 1. The van der Waals surface area contributed by atoms with E-state index in [0.717, 1.165) is 16.8 Å². The minimum atomic E-state index is -0.379. The molecule has 2 heterocycles. The third kappa shape index (κ3) is 4.04. The van der Waals surface area contributed by atoms with Crippen LogP contribution in [0.1, 0.15) is 27.0 Å². The Morgan fingerprint density at radius 3 is 2.33 bits per heavy atom. The lowest BCUT2D eigenvalue weighted by molar-refractivity contribution is 0.0526. The second-order valence-electron chi connectivity index (χ2n) is 6.54. The summed E-state index contributed by atoms with van der Waals surface area (Å²) in [5, 5.41) is 4.93. The summed E-state index contributed by atoms with van der Waals surface area (Å²) in [5.41, 5.74) is 3.96. The Balaban J connectivity index is 1.63. The quantitative estimate of drug-likeness (QED) is 0.414. The molecule has 1 N–H and O–H groups in total. The number of carbonyl (C=O) groups excluding carboxylic acids is 2. The fraction of sp³-hybridized carbons (Fsp3) is 0.0833. The van der Waals surface area contributed by atoms with Gasteiger partial charge in [-0.2, -0.15) is 0 Å². The average Bonchev–Trinajstić information content (AvgIpc) is 3.45. The van der Waals surface area contributed by atoms with E-state index in [2.05, 4.69) is 5.32 Å². The minimum absolute atomic E-state index is 0.199. The first-order valence-corrected chi connectivity index (χ1v) is 10.4. The van der Waals surface area contributed by atoms with E-state index in [-0.39, 0.29) is 11.9 Å². The molecule has 0 aliphatic heterocycles. The van der Waals surface area contributed by atoms with E-state index in [9.17, 15) is 9.59 Å². The molecule has 5 nitrogen and oxygen atoms in total. The van der Waals surface area contributed by atoms with Crippen molar-refractivity contribution in [1.29, 1.82) is 0 Å². The Morgan fingerprint density at radius 1 is 0.967 bits per heavy atom. The van der Waals surface area contributed by atoms with Crippen molar-refractivity contribution in [2.24, 2.45) is 0 Å². The van der Waals surface area contributed by atoms with Gasteiger partial charge in [-0.25, -0.2) is 4.79 Å². The zero-order valence-electron chi connectivity index (χ0n) is 16.4. The first-order valence-electron chi connectivity index (χ1n) is 9.56. The smallest absolute Gasteiger partial charge is 0.338 e.